The zero-order valence-electron chi connectivity index (χ0n) is 15.1. The topological polar surface area (TPSA) is 75.7 Å². The van der Waals surface area contributed by atoms with Crippen molar-refractivity contribution in [1.29, 1.82) is 0 Å². The van der Waals surface area contributed by atoms with E-state index in [1.54, 1.807) is 19.4 Å². The molecule has 138 valence electrons. The van der Waals surface area contributed by atoms with Crippen molar-refractivity contribution in [3.63, 3.8) is 0 Å². The number of rotatable bonds is 6. The largest absolute Gasteiger partial charge is 0.481 e. The molecule has 2 aromatic rings. The predicted molar refractivity (Wildman–Crippen MR) is 102 cm³/mol. The van der Waals surface area contributed by atoms with Crippen LogP contribution in [0.1, 0.15) is 6.92 Å². The number of pyridine rings is 1. The number of anilines is 3. The highest BCUT2D eigenvalue weighted by Gasteiger charge is 2.14. The zero-order valence-corrected chi connectivity index (χ0v) is 15.1. The van der Waals surface area contributed by atoms with Gasteiger partial charge < -0.3 is 25.0 Å². The summed E-state index contributed by atoms with van der Waals surface area (Å²) >= 11 is 0. The second-order valence-electron chi connectivity index (χ2n) is 6.09. The molecule has 1 aromatic carbocycles. The standard InChI is InChI=1S/C19H24N4O3/c1-14(21-16-5-8-18(25-2)20-13-16)19(24)22-15-3-6-17(7-4-15)23-9-11-26-12-10-23/h3-8,13-14,21H,9-12H2,1-2H3,(H,22,24)/t14-/m0/s1. The predicted octanol–water partition coefficient (Wildman–Crippen LogP) is 2.37. The van der Waals surface area contributed by atoms with Crippen LogP contribution in [0.4, 0.5) is 17.1 Å². The Labute approximate surface area is 153 Å². The van der Waals surface area contributed by atoms with Crippen molar-refractivity contribution in [3.8, 4) is 5.88 Å². The SMILES string of the molecule is COc1ccc(N[C@@H](C)C(=O)Nc2ccc(N3CCOCC3)cc2)cn1. The first-order valence-corrected chi connectivity index (χ1v) is 8.66. The van der Waals surface area contributed by atoms with E-state index < -0.39 is 6.04 Å². The van der Waals surface area contributed by atoms with Gasteiger partial charge in [-0.05, 0) is 37.3 Å². The van der Waals surface area contributed by atoms with Crippen molar-refractivity contribution in [2.75, 3.05) is 48.9 Å². The number of nitrogens with one attached hydrogen (secondary N) is 2. The van der Waals surface area contributed by atoms with Crippen LogP contribution in [0.15, 0.2) is 42.6 Å². The Hall–Kier alpha value is -2.80. The summed E-state index contributed by atoms with van der Waals surface area (Å²) in [5, 5.41) is 6.05. The second kappa shape index (κ2) is 8.53. The lowest BCUT2D eigenvalue weighted by Crippen LogP contribution is -2.36. The van der Waals surface area contributed by atoms with E-state index in [9.17, 15) is 4.79 Å². The number of amides is 1. The molecule has 0 unspecified atom stereocenters. The van der Waals surface area contributed by atoms with Crippen LogP contribution in [-0.2, 0) is 9.53 Å². The molecule has 7 heteroatoms. The van der Waals surface area contributed by atoms with E-state index in [-0.39, 0.29) is 5.91 Å². The normalized spacial score (nSPS) is 15.2. The number of ether oxygens (including phenoxy) is 2. The van der Waals surface area contributed by atoms with Crippen molar-refractivity contribution in [2.24, 2.45) is 0 Å². The number of hydrogen-bond donors (Lipinski definition) is 2. The number of carbonyl (C=O) groups is 1. The maximum atomic E-state index is 12.4. The van der Waals surface area contributed by atoms with Crippen LogP contribution in [0.3, 0.4) is 0 Å². The Morgan fingerprint density at radius 3 is 2.46 bits per heavy atom. The van der Waals surface area contributed by atoms with Crippen molar-refractivity contribution in [3.05, 3.63) is 42.6 Å². The smallest absolute Gasteiger partial charge is 0.246 e. The molecule has 2 heterocycles. The first-order chi connectivity index (χ1) is 12.7. The van der Waals surface area contributed by atoms with Gasteiger partial charge in [0, 0.05) is 30.5 Å². The van der Waals surface area contributed by atoms with E-state index in [2.05, 4.69) is 20.5 Å². The van der Waals surface area contributed by atoms with E-state index in [1.807, 2.05) is 37.3 Å². The molecular weight excluding hydrogens is 332 g/mol. The quantitative estimate of drug-likeness (QED) is 0.828. The Bertz CT molecular complexity index is 713. The number of carbonyl (C=O) groups excluding carboxylic acids is 1. The maximum Gasteiger partial charge on any atom is 0.246 e. The number of morpholine rings is 1. The molecule has 1 aliphatic heterocycles. The maximum absolute atomic E-state index is 12.4. The van der Waals surface area contributed by atoms with Crippen molar-refractivity contribution < 1.29 is 14.3 Å². The number of nitrogens with zero attached hydrogens (tertiary/aromatic N) is 2. The molecule has 1 aliphatic rings. The molecule has 2 N–H and O–H groups in total. The molecule has 7 nitrogen and oxygen atoms in total. The van der Waals surface area contributed by atoms with Crippen LogP contribution in [0.25, 0.3) is 0 Å². The van der Waals surface area contributed by atoms with Gasteiger partial charge in [0.15, 0.2) is 0 Å². The summed E-state index contributed by atoms with van der Waals surface area (Å²) in [5.41, 5.74) is 2.67. The van der Waals surface area contributed by atoms with Gasteiger partial charge in [0.25, 0.3) is 0 Å². The Morgan fingerprint density at radius 1 is 1.15 bits per heavy atom. The van der Waals surface area contributed by atoms with Crippen LogP contribution in [0, 0.1) is 0 Å². The second-order valence-corrected chi connectivity index (χ2v) is 6.09. The number of aromatic nitrogens is 1. The number of hydrogen-bond acceptors (Lipinski definition) is 6. The van der Waals surface area contributed by atoms with Gasteiger partial charge in [-0.1, -0.05) is 0 Å². The summed E-state index contributed by atoms with van der Waals surface area (Å²) in [5.74, 6) is 0.424. The molecule has 1 saturated heterocycles. The lowest BCUT2D eigenvalue weighted by molar-refractivity contribution is -0.116. The van der Waals surface area contributed by atoms with Crippen LogP contribution >= 0.6 is 0 Å². The molecule has 1 amide bonds. The van der Waals surface area contributed by atoms with Gasteiger partial charge in [-0.15, -0.1) is 0 Å². The molecule has 1 atom stereocenters. The van der Waals surface area contributed by atoms with Crippen molar-refractivity contribution in [1.82, 2.24) is 4.98 Å². The van der Waals surface area contributed by atoms with E-state index >= 15 is 0 Å². The summed E-state index contributed by atoms with van der Waals surface area (Å²) < 4.78 is 10.4. The number of methoxy groups -OCH3 is 1. The Balaban J connectivity index is 1.54. The average Bonchev–Trinajstić information content (AvgIpc) is 2.70. The fourth-order valence-corrected chi connectivity index (χ4v) is 2.73. The minimum atomic E-state index is -0.399. The van der Waals surface area contributed by atoms with E-state index in [4.69, 9.17) is 9.47 Å². The zero-order chi connectivity index (χ0) is 18.4. The molecular formula is C19H24N4O3. The molecule has 0 bridgehead atoms. The molecule has 0 radical (unpaired) electrons. The van der Waals surface area contributed by atoms with Gasteiger partial charge in [-0.25, -0.2) is 4.98 Å². The first kappa shape index (κ1) is 18.0. The lowest BCUT2D eigenvalue weighted by atomic mass is 10.2. The molecule has 1 aromatic heterocycles. The molecule has 0 aliphatic carbocycles. The van der Waals surface area contributed by atoms with E-state index in [0.717, 1.165) is 43.4 Å². The Morgan fingerprint density at radius 2 is 1.85 bits per heavy atom. The average molecular weight is 356 g/mol. The lowest BCUT2D eigenvalue weighted by Gasteiger charge is -2.29. The Kier molecular flexibility index (Phi) is 5.91. The highest BCUT2D eigenvalue weighted by atomic mass is 16.5. The third kappa shape index (κ3) is 4.64. The van der Waals surface area contributed by atoms with Gasteiger partial charge in [-0.3, -0.25) is 4.79 Å². The monoisotopic (exact) mass is 356 g/mol. The van der Waals surface area contributed by atoms with Gasteiger partial charge in [-0.2, -0.15) is 0 Å². The van der Waals surface area contributed by atoms with Gasteiger partial charge in [0.1, 0.15) is 6.04 Å². The highest BCUT2D eigenvalue weighted by molar-refractivity contribution is 5.96. The third-order valence-electron chi connectivity index (χ3n) is 4.23. The van der Waals surface area contributed by atoms with Crippen molar-refractivity contribution >= 4 is 23.0 Å². The summed E-state index contributed by atoms with van der Waals surface area (Å²) in [6, 6.07) is 11.1. The van der Waals surface area contributed by atoms with Gasteiger partial charge in [0.2, 0.25) is 11.8 Å². The summed E-state index contributed by atoms with van der Waals surface area (Å²) in [6.07, 6.45) is 1.64. The van der Waals surface area contributed by atoms with Gasteiger partial charge >= 0.3 is 0 Å². The minimum Gasteiger partial charge on any atom is -0.481 e. The summed E-state index contributed by atoms with van der Waals surface area (Å²) in [7, 11) is 1.57. The van der Waals surface area contributed by atoms with Crippen LogP contribution in [0.2, 0.25) is 0 Å². The van der Waals surface area contributed by atoms with Crippen LogP contribution < -0.4 is 20.3 Å². The fraction of sp³-hybridized carbons (Fsp3) is 0.368. The molecule has 26 heavy (non-hydrogen) atoms. The molecule has 3 rings (SSSR count). The van der Waals surface area contributed by atoms with Gasteiger partial charge in [0.05, 0.1) is 32.2 Å². The fourth-order valence-electron chi connectivity index (χ4n) is 2.73. The highest BCUT2D eigenvalue weighted by Crippen LogP contribution is 2.19. The van der Waals surface area contributed by atoms with E-state index in [0.29, 0.717) is 5.88 Å². The summed E-state index contributed by atoms with van der Waals surface area (Å²) in [4.78, 5) is 18.8. The summed E-state index contributed by atoms with van der Waals surface area (Å²) in [6.45, 7) is 5.09. The van der Waals surface area contributed by atoms with Crippen LogP contribution in [-0.4, -0.2) is 50.3 Å². The minimum absolute atomic E-state index is 0.111. The van der Waals surface area contributed by atoms with E-state index in [1.165, 1.54) is 0 Å². The third-order valence-corrected chi connectivity index (χ3v) is 4.23. The number of benzene rings is 1. The van der Waals surface area contributed by atoms with Crippen molar-refractivity contribution in [2.45, 2.75) is 13.0 Å². The molecule has 0 spiro atoms. The molecule has 0 saturated carbocycles. The molecule has 1 fully saturated rings. The van der Waals surface area contributed by atoms with Crippen LogP contribution in [0.5, 0.6) is 5.88 Å². The first-order valence-electron chi connectivity index (χ1n) is 8.66.